The second-order valence-electron chi connectivity index (χ2n) is 6.78. The molecule has 7 heteroatoms. The van der Waals surface area contributed by atoms with Crippen molar-refractivity contribution in [1.29, 1.82) is 0 Å². The molecule has 2 amide bonds. The van der Waals surface area contributed by atoms with Gasteiger partial charge in [-0.15, -0.1) is 0 Å². The Kier molecular flexibility index (Phi) is 6.84. The second-order valence-corrected chi connectivity index (χ2v) is 6.78. The van der Waals surface area contributed by atoms with Crippen molar-refractivity contribution in [2.75, 3.05) is 32.1 Å². The van der Waals surface area contributed by atoms with Gasteiger partial charge in [0.05, 0.1) is 18.4 Å². The summed E-state index contributed by atoms with van der Waals surface area (Å²) in [4.78, 5) is 38.5. The molecule has 2 aromatic carbocycles. The standard InChI is InChI=1S/C22H24N2O5/c1-28-22(27)18-9-5-6-10-19(18)23-21(26)16-11-13-24(14-12-16)20(25)15-29-17-7-3-2-4-8-17/h2-10,16H,11-15H2,1H3,(H,23,26). The van der Waals surface area contributed by atoms with Crippen LogP contribution in [0.2, 0.25) is 0 Å². The second kappa shape index (κ2) is 9.73. The minimum Gasteiger partial charge on any atom is -0.484 e. The molecule has 152 valence electrons. The Balaban J connectivity index is 1.50. The molecule has 1 N–H and O–H groups in total. The number of anilines is 1. The SMILES string of the molecule is COC(=O)c1ccccc1NC(=O)C1CCN(C(=O)COc2ccccc2)CC1. The van der Waals surface area contributed by atoms with Gasteiger partial charge in [0.15, 0.2) is 6.61 Å². The van der Waals surface area contributed by atoms with Crippen LogP contribution in [0.5, 0.6) is 5.75 Å². The van der Waals surface area contributed by atoms with Gasteiger partial charge in [-0.05, 0) is 37.1 Å². The quantitative estimate of drug-likeness (QED) is 0.759. The molecule has 0 spiro atoms. The lowest BCUT2D eigenvalue weighted by atomic mass is 9.95. The van der Waals surface area contributed by atoms with Crippen LogP contribution in [0.3, 0.4) is 0 Å². The third-order valence-electron chi connectivity index (χ3n) is 4.91. The number of carbonyl (C=O) groups excluding carboxylic acids is 3. The number of rotatable bonds is 6. The highest BCUT2D eigenvalue weighted by Gasteiger charge is 2.28. The zero-order valence-electron chi connectivity index (χ0n) is 16.3. The number of hydrogen-bond acceptors (Lipinski definition) is 5. The fraction of sp³-hybridized carbons (Fsp3) is 0.318. The maximum absolute atomic E-state index is 12.6. The van der Waals surface area contributed by atoms with Crippen molar-refractivity contribution in [3.05, 3.63) is 60.2 Å². The number of methoxy groups -OCH3 is 1. The lowest BCUT2D eigenvalue weighted by Gasteiger charge is -2.31. The summed E-state index contributed by atoms with van der Waals surface area (Å²) in [6.07, 6.45) is 1.12. The minimum atomic E-state index is -0.500. The van der Waals surface area contributed by atoms with Crippen molar-refractivity contribution >= 4 is 23.5 Å². The third-order valence-corrected chi connectivity index (χ3v) is 4.91. The van der Waals surface area contributed by atoms with Crippen LogP contribution in [0.25, 0.3) is 0 Å². The molecule has 2 aromatic rings. The molecule has 29 heavy (non-hydrogen) atoms. The molecule has 7 nitrogen and oxygen atoms in total. The van der Waals surface area contributed by atoms with E-state index < -0.39 is 5.97 Å². The van der Waals surface area contributed by atoms with Crippen molar-refractivity contribution in [2.24, 2.45) is 5.92 Å². The van der Waals surface area contributed by atoms with E-state index >= 15 is 0 Å². The van der Waals surface area contributed by atoms with Gasteiger partial charge in [-0.3, -0.25) is 9.59 Å². The Bertz CT molecular complexity index is 861. The molecule has 3 rings (SSSR count). The molecule has 0 saturated carbocycles. The average molecular weight is 396 g/mol. The lowest BCUT2D eigenvalue weighted by Crippen LogP contribution is -2.43. The van der Waals surface area contributed by atoms with Crippen molar-refractivity contribution in [3.63, 3.8) is 0 Å². The van der Waals surface area contributed by atoms with Crippen LogP contribution in [-0.4, -0.2) is 49.5 Å². The van der Waals surface area contributed by atoms with E-state index in [4.69, 9.17) is 9.47 Å². The van der Waals surface area contributed by atoms with Gasteiger partial charge in [-0.1, -0.05) is 30.3 Å². The van der Waals surface area contributed by atoms with Crippen LogP contribution in [-0.2, 0) is 14.3 Å². The predicted molar refractivity (Wildman–Crippen MR) is 108 cm³/mol. The van der Waals surface area contributed by atoms with E-state index in [2.05, 4.69) is 5.32 Å². The van der Waals surface area contributed by atoms with E-state index in [1.807, 2.05) is 18.2 Å². The summed E-state index contributed by atoms with van der Waals surface area (Å²) in [6.45, 7) is 0.967. The van der Waals surface area contributed by atoms with Gasteiger partial charge in [-0.25, -0.2) is 4.79 Å². The first kappa shape index (κ1) is 20.4. The number of likely N-dealkylation sites (tertiary alicyclic amines) is 1. The Morgan fingerprint density at radius 1 is 1.00 bits per heavy atom. The molecule has 0 atom stereocenters. The zero-order chi connectivity index (χ0) is 20.6. The van der Waals surface area contributed by atoms with Crippen LogP contribution in [0.15, 0.2) is 54.6 Å². The van der Waals surface area contributed by atoms with Gasteiger partial charge < -0.3 is 19.7 Å². The summed E-state index contributed by atoms with van der Waals surface area (Å²) >= 11 is 0. The first-order valence-electron chi connectivity index (χ1n) is 9.52. The Labute approximate surface area is 169 Å². The first-order chi connectivity index (χ1) is 14.1. The van der Waals surface area contributed by atoms with Crippen LogP contribution in [0.4, 0.5) is 5.69 Å². The van der Waals surface area contributed by atoms with Gasteiger partial charge in [0.25, 0.3) is 5.91 Å². The van der Waals surface area contributed by atoms with Gasteiger partial charge in [0.1, 0.15) is 5.75 Å². The fourth-order valence-electron chi connectivity index (χ4n) is 3.26. The molecular weight excluding hydrogens is 372 g/mol. The number of esters is 1. The number of para-hydroxylation sites is 2. The van der Waals surface area contributed by atoms with Crippen molar-refractivity contribution < 1.29 is 23.9 Å². The number of nitrogens with zero attached hydrogens (tertiary/aromatic N) is 1. The molecular formula is C22H24N2O5. The maximum atomic E-state index is 12.6. The Morgan fingerprint density at radius 2 is 1.66 bits per heavy atom. The van der Waals surface area contributed by atoms with Crippen molar-refractivity contribution in [1.82, 2.24) is 4.90 Å². The molecule has 0 unspecified atom stereocenters. The van der Waals surface area contributed by atoms with E-state index in [1.54, 1.807) is 41.3 Å². The van der Waals surface area contributed by atoms with E-state index in [-0.39, 0.29) is 24.3 Å². The number of amides is 2. The predicted octanol–water partition coefficient (Wildman–Crippen LogP) is 2.73. The Morgan fingerprint density at radius 3 is 2.34 bits per heavy atom. The highest BCUT2D eigenvalue weighted by atomic mass is 16.5. The zero-order valence-corrected chi connectivity index (χ0v) is 16.3. The van der Waals surface area contributed by atoms with E-state index in [0.717, 1.165) is 0 Å². The number of ether oxygens (including phenoxy) is 2. The topological polar surface area (TPSA) is 84.9 Å². The highest BCUT2D eigenvalue weighted by Crippen LogP contribution is 2.22. The van der Waals surface area contributed by atoms with Crippen LogP contribution >= 0.6 is 0 Å². The summed E-state index contributed by atoms with van der Waals surface area (Å²) in [5.74, 6) is -0.323. The van der Waals surface area contributed by atoms with E-state index in [1.165, 1.54) is 7.11 Å². The van der Waals surface area contributed by atoms with E-state index in [0.29, 0.717) is 42.9 Å². The van der Waals surface area contributed by atoms with Gasteiger partial charge in [0.2, 0.25) is 5.91 Å². The fourth-order valence-corrected chi connectivity index (χ4v) is 3.26. The monoisotopic (exact) mass is 396 g/mol. The van der Waals surface area contributed by atoms with Crippen molar-refractivity contribution in [2.45, 2.75) is 12.8 Å². The van der Waals surface area contributed by atoms with Gasteiger partial charge in [0, 0.05) is 19.0 Å². The van der Waals surface area contributed by atoms with Crippen molar-refractivity contribution in [3.8, 4) is 5.75 Å². The molecule has 1 aliphatic heterocycles. The number of benzene rings is 2. The normalized spacial score (nSPS) is 14.2. The highest BCUT2D eigenvalue weighted by molar-refractivity contribution is 6.01. The summed E-state index contributed by atoms with van der Waals surface area (Å²) in [7, 11) is 1.30. The minimum absolute atomic E-state index is 0.0205. The molecule has 1 fully saturated rings. The number of hydrogen-bond donors (Lipinski definition) is 1. The molecule has 1 saturated heterocycles. The summed E-state index contributed by atoms with van der Waals surface area (Å²) in [5, 5.41) is 2.82. The lowest BCUT2D eigenvalue weighted by molar-refractivity contribution is -0.136. The summed E-state index contributed by atoms with van der Waals surface area (Å²) in [5.41, 5.74) is 0.744. The van der Waals surface area contributed by atoms with Crippen LogP contribution in [0.1, 0.15) is 23.2 Å². The smallest absolute Gasteiger partial charge is 0.339 e. The van der Waals surface area contributed by atoms with E-state index in [9.17, 15) is 14.4 Å². The van der Waals surface area contributed by atoms with Gasteiger partial charge >= 0.3 is 5.97 Å². The van der Waals surface area contributed by atoms with Crippen LogP contribution < -0.4 is 10.1 Å². The number of nitrogens with one attached hydrogen (secondary N) is 1. The van der Waals surface area contributed by atoms with Crippen LogP contribution in [0, 0.1) is 5.92 Å². The molecule has 0 aliphatic carbocycles. The Hall–Kier alpha value is -3.35. The number of piperidine rings is 1. The molecule has 1 heterocycles. The molecule has 0 aromatic heterocycles. The number of carbonyl (C=O) groups is 3. The molecule has 0 bridgehead atoms. The average Bonchev–Trinajstić information content (AvgIpc) is 2.78. The first-order valence-corrected chi connectivity index (χ1v) is 9.52. The third kappa shape index (κ3) is 5.34. The summed E-state index contributed by atoms with van der Waals surface area (Å²) < 4.78 is 10.3. The summed E-state index contributed by atoms with van der Waals surface area (Å²) in [6, 6.07) is 15.9. The molecule has 1 aliphatic rings. The van der Waals surface area contributed by atoms with Gasteiger partial charge in [-0.2, -0.15) is 0 Å². The maximum Gasteiger partial charge on any atom is 0.339 e. The molecule has 0 radical (unpaired) electrons. The largest absolute Gasteiger partial charge is 0.484 e.